The van der Waals surface area contributed by atoms with Gasteiger partial charge in [-0.05, 0) is 24.0 Å². The van der Waals surface area contributed by atoms with Crippen molar-refractivity contribution in [1.29, 1.82) is 0 Å². The van der Waals surface area contributed by atoms with Gasteiger partial charge < -0.3 is 20.3 Å². The number of amides is 1. The zero-order chi connectivity index (χ0) is 25.7. The van der Waals surface area contributed by atoms with Gasteiger partial charge in [0.25, 0.3) is 0 Å². The smallest absolute Gasteiger partial charge is 0.419 e. The van der Waals surface area contributed by atoms with Crippen molar-refractivity contribution in [2.24, 2.45) is 5.41 Å². The van der Waals surface area contributed by atoms with Gasteiger partial charge in [0.2, 0.25) is 5.95 Å². The number of hydrogen-bond donors (Lipinski definition) is 3. The average molecular weight is 518 g/mol. The van der Waals surface area contributed by atoms with Crippen LogP contribution in [0.3, 0.4) is 0 Å². The van der Waals surface area contributed by atoms with Gasteiger partial charge in [0.05, 0.1) is 5.69 Å². The summed E-state index contributed by atoms with van der Waals surface area (Å²) in [4.78, 5) is 32.7. The van der Waals surface area contributed by atoms with Crippen molar-refractivity contribution in [3.8, 4) is 22.0 Å². The van der Waals surface area contributed by atoms with E-state index >= 15 is 0 Å². The van der Waals surface area contributed by atoms with Crippen molar-refractivity contribution in [2.75, 3.05) is 18.4 Å². The van der Waals surface area contributed by atoms with Gasteiger partial charge in [-0.25, -0.2) is 24.7 Å². The summed E-state index contributed by atoms with van der Waals surface area (Å²) in [5, 5.41) is 15.5. The van der Waals surface area contributed by atoms with Crippen LogP contribution in [0.15, 0.2) is 36.1 Å². The largest absolute Gasteiger partial charge is 0.465 e. The molecule has 0 spiro atoms. The summed E-state index contributed by atoms with van der Waals surface area (Å²) in [5.74, 6) is -0.00671. The first kappa shape index (κ1) is 24.0. The Kier molecular flexibility index (Phi) is 5.81. The molecule has 9 nitrogen and oxygen atoms in total. The summed E-state index contributed by atoms with van der Waals surface area (Å²) in [7, 11) is 0. The minimum atomic E-state index is -4.68. The van der Waals surface area contributed by atoms with Gasteiger partial charge >= 0.3 is 12.3 Å². The van der Waals surface area contributed by atoms with E-state index < -0.39 is 17.8 Å². The lowest BCUT2D eigenvalue weighted by Crippen LogP contribution is -2.51. The Morgan fingerprint density at radius 2 is 2.08 bits per heavy atom. The van der Waals surface area contributed by atoms with Gasteiger partial charge in [-0.1, -0.05) is 13.8 Å². The van der Waals surface area contributed by atoms with Crippen LogP contribution >= 0.6 is 11.3 Å². The second-order valence-electron chi connectivity index (χ2n) is 9.46. The van der Waals surface area contributed by atoms with Gasteiger partial charge in [-0.3, -0.25) is 0 Å². The standard InChI is InChI=1S/C23H22F3N7O2S/c1-22(2)7-12(10-33(11-22)21(34)35)30-20-29-9-15(23(24,25)26)17(32-20)14-8-28-18-13(14)3-4-16(31-18)19-27-5-6-36-19/h3-6,8-9,12H,7,10-11H2,1-2H3,(H,28,31)(H,34,35)(H,29,30,32)/t12-/m0/s1. The molecule has 0 saturated carbocycles. The van der Waals surface area contributed by atoms with Crippen LogP contribution in [0.5, 0.6) is 0 Å². The third kappa shape index (κ3) is 4.70. The number of alkyl halides is 3. The zero-order valence-electron chi connectivity index (χ0n) is 19.3. The maximum absolute atomic E-state index is 13.9. The molecule has 188 valence electrons. The number of anilines is 1. The summed E-state index contributed by atoms with van der Waals surface area (Å²) < 4.78 is 41.8. The van der Waals surface area contributed by atoms with Gasteiger partial charge in [-0.2, -0.15) is 13.2 Å². The number of H-pyrrole nitrogens is 1. The lowest BCUT2D eigenvalue weighted by atomic mass is 9.82. The van der Waals surface area contributed by atoms with Crippen LogP contribution in [-0.2, 0) is 6.18 Å². The normalized spacial score (nSPS) is 17.9. The Labute approximate surface area is 207 Å². The highest BCUT2D eigenvalue weighted by molar-refractivity contribution is 7.13. The molecular formula is C23H22F3N7O2S. The highest BCUT2D eigenvalue weighted by Crippen LogP contribution is 2.39. The van der Waals surface area contributed by atoms with Crippen LogP contribution < -0.4 is 5.32 Å². The van der Waals surface area contributed by atoms with E-state index in [1.807, 2.05) is 19.2 Å². The maximum Gasteiger partial charge on any atom is 0.419 e. The van der Waals surface area contributed by atoms with E-state index in [4.69, 9.17) is 0 Å². The predicted molar refractivity (Wildman–Crippen MR) is 129 cm³/mol. The number of likely N-dealkylation sites (tertiary alicyclic amines) is 1. The number of aromatic nitrogens is 5. The van der Waals surface area contributed by atoms with Crippen LogP contribution in [0.25, 0.3) is 33.0 Å². The lowest BCUT2D eigenvalue weighted by molar-refractivity contribution is -0.137. The second kappa shape index (κ2) is 8.73. The van der Waals surface area contributed by atoms with Crippen molar-refractivity contribution in [3.05, 3.63) is 41.7 Å². The van der Waals surface area contributed by atoms with E-state index in [0.29, 0.717) is 34.7 Å². The third-order valence-corrected chi connectivity index (χ3v) is 6.80. The first-order chi connectivity index (χ1) is 17.0. The molecule has 1 saturated heterocycles. The monoisotopic (exact) mass is 517 g/mol. The minimum absolute atomic E-state index is 0.00671. The number of halogens is 3. The molecule has 4 aromatic heterocycles. The molecule has 4 aromatic rings. The molecule has 0 bridgehead atoms. The molecule has 36 heavy (non-hydrogen) atoms. The fourth-order valence-corrected chi connectivity index (χ4v) is 5.21. The van der Waals surface area contributed by atoms with Crippen LogP contribution in [-0.4, -0.2) is 60.2 Å². The lowest BCUT2D eigenvalue weighted by Gasteiger charge is -2.41. The number of thiazole rings is 1. The Morgan fingerprint density at radius 1 is 1.28 bits per heavy atom. The second-order valence-corrected chi connectivity index (χ2v) is 10.4. The fourth-order valence-electron chi connectivity index (χ4n) is 4.60. The molecule has 1 amide bonds. The third-order valence-electron chi connectivity index (χ3n) is 6.00. The molecule has 0 aliphatic carbocycles. The first-order valence-electron chi connectivity index (χ1n) is 11.1. The van der Waals surface area contributed by atoms with E-state index in [-0.39, 0.29) is 35.2 Å². The molecule has 1 fully saturated rings. The van der Waals surface area contributed by atoms with Crippen LogP contribution in [0.2, 0.25) is 0 Å². The minimum Gasteiger partial charge on any atom is -0.465 e. The van der Waals surface area contributed by atoms with Crippen LogP contribution in [0, 0.1) is 5.41 Å². The molecule has 1 aliphatic rings. The molecule has 1 aliphatic heterocycles. The number of hydrogen-bond acceptors (Lipinski definition) is 7. The van der Waals surface area contributed by atoms with Crippen molar-refractivity contribution < 1.29 is 23.1 Å². The number of carbonyl (C=O) groups is 1. The van der Waals surface area contributed by atoms with E-state index in [1.165, 1.54) is 22.4 Å². The number of nitrogens with zero attached hydrogens (tertiary/aromatic N) is 5. The zero-order valence-corrected chi connectivity index (χ0v) is 20.1. The van der Waals surface area contributed by atoms with E-state index in [9.17, 15) is 23.1 Å². The maximum atomic E-state index is 13.9. The Morgan fingerprint density at radius 3 is 2.78 bits per heavy atom. The molecule has 0 unspecified atom stereocenters. The summed E-state index contributed by atoms with van der Waals surface area (Å²) >= 11 is 1.41. The number of rotatable bonds is 4. The summed E-state index contributed by atoms with van der Waals surface area (Å²) in [5.41, 5.74) is -0.341. The first-order valence-corrected chi connectivity index (χ1v) is 12.0. The Balaban J connectivity index is 1.52. The van der Waals surface area contributed by atoms with Crippen molar-refractivity contribution in [3.63, 3.8) is 0 Å². The summed E-state index contributed by atoms with van der Waals surface area (Å²) in [6.07, 6.45) is -1.28. The highest BCUT2D eigenvalue weighted by atomic mass is 32.1. The van der Waals surface area contributed by atoms with E-state index in [0.717, 1.165) is 6.20 Å². The molecule has 5 heterocycles. The summed E-state index contributed by atoms with van der Waals surface area (Å²) in [6.45, 7) is 4.42. The Bertz CT molecular complexity index is 1420. The quantitative estimate of drug-likeness (QED) is 0.334. The van der Waals surface area contributed by atoms with Crippen LogP contribution in [0.1, 0.15) is 25.8 Å². The van der Waals surface area contributed by atoms with E-state index in [2.05, 4.69) is 30.2 Å². The van der Waals surface area contributed by atoms with Crippen LogP contribution in [0.4, 0.5) is 23.9 Å². The van der Waals surface area contributed by atoms with Crippen molar-refractivity contribution >= 4 is 34.4 Å². The predicted octanol–water partition coefficient (Wildman–Crippen LogP) is 5.35. The van der Waals surface area contributed by atoms with Gasteiger partial charge in [0.1, 0.15) is 21.9 Å². The average Bonchev–Trinajstić information content (AvgIpc) is 3.47. The van der Waals surface area contributed by atoms with E-state index in [1.54, 1.807) is 18.3 Å². The number of piperidine rings is 1. The topological polar surface area (TPSA) is 120 Å². The fraction of sp³-hybridized carbons (Fsp3) is 0.348. The number of fused-ring (bicyclic) bond motifs is 1. The number of carboxylic acid groups (broad SMARTS) is 1. The van der Waals surface area contributed by atoms with Gasteiger partial charge in [0, 0.05) is 54.1 Å². The van der Waals surface area contributed by atoms with Crippen molar-refractivity contribution in [2.45, 2.75) is 32.5 Å². The molecule has 5 rings (SSSR count). The molecule has 13 heteroatoms. The number of aromatic amines is 1. The molecule has 3 N–H and O–H groups in total. The SMILES string of the molecule is CC1(C)C[C@H](Nc2ncc(C(F)(F)F)c(-c3c[nH]c4nc(-c5nccs5)ccc34)n2)CN(C(=O)O)C1. The van der Waals surface area contributed by atoms with Crippen molar-refractivity contribution in [1.82, 2.24) is 29.8 Å². The Hall–Kier alpha value is -3.74. The highest BCUT2D eigenvalue weighted by Gasteiger charge is 2.38. The molecule has 0 aromatic carbocycles. The number of nitrogens with one attached hydrogen (secondary N) is 2. The molecule has 1 atom stereocenters. The van der Waals surface area contributed by atoms with Gasteiger partial charge in [-0.15, -0.1) is 11.3 Å². The number of pyridine rings is 1. The van der Waals surface area contributed by atoms with Gasteiger partial charge in [0.15, 0.2) is 0 Å². The molecular weight excluding hydrogens is 495 g/mol. The summed E-state index contributed by atoms with van der Waals surface area (Å²) in [6, 6.07) is 3.03. The molecule has 0 radical (unpaired) electrons.